The molecule has 1 aliphatic carbocycles. The highest BCUT2D eigenvalue weighted by Crippen LogP contribution is 2.42. The molecule has 3 aliphatic rings. The molecule has 1 amide bonds. The van der Waals surface area contributed by atoms with E-state index in [2.05, 4.69) is 15.4 Å². The van der Waals surface area contributed by atoms with Crippen molar-refractivity contribution in [1.29, 1.82) is 0 Å². The van der Waals surface area contributed by atoms with Crippen LogP contribution in [-0.2, 0) is 31.8 Å². The number of esters is 1. The number of amides is 1. The molecule has 6 rings (SSSR count). The highest BCUT2D eigenvalue weighted by Gasteiger charge is 2.45. The Balaban J connectivity index is 1.53. The number of rotatable bonds is 5. The molecule has 10 heteroatoms. The molecule has 2 aliphatic heterocycles. The summed E-state index contributed by atoms with van der Waals surface area (Å²) < 4.78 is 34.2. The molecule has 3 aromatic rings. The van der Waals surface area contributed by atoms with Gasteiger partial charge in [-0.15, -0.1) is 0 Å². The maximum absolute atomic E-state index is 15.5. The van der Waals surface area contributed by atoms with Crippen LogP contribution in [-0.4, -0.2) is 51.5 Å². The number of hydrogen-bond acceptors (Lipinski definition) is 7. The van der Waals surface area contributed by atoms with Crippen molar-refractivity contribution in [3.63, 3.8) is 0 Å². The zero-order valence-electron chi connectivity index (χ0n) is 22.7. The number of cyclic esters (lactones) is 1. The van der Waals surface area contributed by atoms with Crippen molar-refractivity contribution in [3.05, 3.63) is 51.6 Å². The van der Waals surface area contributed by atoms with Gasteiger partial charge in [0, 0.05) is 49.9 Å². The first-order valence-corrected chi connectivity index (χ1v) is 13.6. The van der Waals surface area contributed by atoms with E-state index in [9.17, 15) is 9.59 Å². The molecule has 2 saturated heterocycles. The Kier molecular flexibility index (Phi) is 6.42. The minimum absolute atomic E-state index is 0.0106. The fourth-order valence-electron chi connectivity index (χ4n) is 6.06. The molecule has 2 aromatic heterocycles. The van der Waals surface area contributed by atoms with E-state index >= 15 is 4.39 Å². The summed E-state index contributed by atoms with van der Waals surface area (Å²) in [4.78, 5) is 30.8. The van der Waals surface area contributed by atoms with E-state index in [1.807, 2.05) is 6.92 Å². The Hall–Kier alpha value is -3.37. The Bertz CT molecular complexity index is 1490. The highest BCUT2D eigenvalue weighted by atomic mass is 19.1. The second-order valence-corrected chi connectivity index (χ2v) is 11.1. The molecular formula is C29H33FN4O5. The van der Waals surface area contributed by atoms with Crippen molar-refractivity contribution in [2.45, 2.75) is 84.2 Å². The normalized spacial score (nSPS) is 22.2. The predicted molar refractivity (Wildman–Crippen MR) is 140 cm³/mol. The van der Waals surface area contributed by atoms with Gasteiger partial charge in [-0.3, -0.25) is 4.79 Å². The smallest absolute Gasteiger partial charge is 0.342 e. The Morgan fingerprint density at radius 1 is 1.18 bits per heavy atom. The summed E-state index contributed by atoms with van der Waals surface area (Å²) in [5, 5.41) is 7.52. The van der Waals surface area contributed by atoms with Crippen LogP contribution in [0.2, 0.25) is 0 Å². The quantitative estimate of drug-likeness (QED) is 0.485. The third-order valence-corrected chi connectivity index (χ3v) is 7.94. The van der Waals surface area contributed by atoms with Crippen LogP contribution >= 0.6 is 0 Å². The van der Waals surface area contributed by atoms with Crippen LogP contribution in [0.1, 0.15) is 84.1 Å². The molecule has 0 spiro atoms. The molecular weight excluding hydrogens is 503 g/mol. The Morgan fingerprint density at radius 2 is 1.95 bits per heavy atom. The fraction of sp³-hybridized carbons (Fsp3) is 0.517. The van der Waals surface area contributed by atoms with Gasteiger partial charge in [-0.25, -0.2) is 18.7 Å². The number of ether oxygens (including phenoxy) is 3. The first-order chi connectivity index (χ1) is 18.6. The average molecular weight is 537 g/mol. The highest BCUT2D eigenvalue weighted by molar-refractivity contribution is 5.93. The predicted octanol–water partition coefficient (Wildman–Crippen LogP) is 4.29. The Labute approximate surface area is 226 Å². The number of carbonyl (C=O) groups is 2. The molecule has 0 radical (unpaired) electrons. The molecule has 1 aromatic carbocycles. The molecule has 2 unspecified atom stereocenters. The second-order valence-electron chi connectivity index (χ2n) is 11.1. The molecule has 1 N–H and O–H groups in total. The van der Waals surface area contributed by atoms with Gasteiger partial charge in [0.15, 0.2) is 17.4 Å². The minimum atomic E-state index is -1.13. The van der Waals surface area contributed by atoms with Crippen LogP contribution in [0.5, 0.6) is 0 Å². The van der Waals surface area contributed by atoms with Gasteiger partial charge in [-0.05, 0) is 75.1 Å². The SMILES string of the molecule is Cc1nc2cc(C(=O)NCC3CCCO3)nn2c(-c2cc(F)c3c(c2C)CCCC3)c1C1OC(C)(C)OC1=O. The fourth-order valence-corrected chi connectivity index (χ4v) is 6.06. The number of hydrogen-bond donors (Lipinski definition) is 1. The molecule has 4 heterocycles. The van der Waals surface area contributed by atoms with Crippen LogP contribution in [0.25, 0.3) is 16.9 Å². The number of benzene rings is 1. The van der Waals surface area contributed by atoms with Gasteiger partial charge in [-0.1, -0.05) is 0 Å². The maximum atomic E-state index is 15.5. The summed E-state index contributed by atoms with van der Waals surface area (Å²) in [6.45, 7) is 8.17. The van der Waals surface area contributed by atoms with Gasteiger partial charge in [0.25, 0.3) is 5.91 Å². The first kappa shape index (κ1) is 25.9. The first-order valence-electron chi connectivity index (χ1n) is 13.6. The molecule has 2 atom stereocenters. The van der Waals surface area contributed by atoms with E-state index < -0.39 is 17.9 Å². The third-order valence-electron chi connectivity index (χ3n) is 7.94. The third kappa shape index (κ3) is 4.59. The molecule has 9 nitrogen and oxygen atoms in total. The number of aromatic nitrogens is 3. The summed E-state index contributed by atoms with van der Waals surface area (Å²) in [5.41, 5.74) is 5.27. The lowest BCUT2D eigenvalue weighted by Gasteiger charge is -2.24. The monoisotopic (exact) mass is 536 g/mol. The van der Waals surface area contributed by atoms with E-state index in [1.165, 1.54) is 10.6 Å². The molecule has 0 bridgehead atoms. The average Bonchev–Trinajstić information content (AvgIpc) is 3.63. The number of nitrogens with zero attached hydrogens (tertiary/aromatic N) is 3. The summed E-state index contributed by atoms with van der Waals surface area (Å²) in [7, 11) is 0. The number of carbonyl (C=O) groups excluding carboxylic acids is 2. The lowest BCUT2D eigenvalue weighted by molar-refractivity contribution is -0.160. The molecule has 0 saturated carbocycles. The summed E-state index contributed by atoms with van der Waals surface area (Å²) in [5.74, 6) is -2.32. The zero-order chi connectivity index (χ0) is 27.5. The van der Waals surface area contributed by atoms with Crippen molar-refractivity contribution < 1.29 is 28.2 Å². The number of aryl methyl sites for hydroxylation is 1. The molecule has 206 valence electrons. The van der Waals surface area contributed by atoms with Gasteiger partial charge in [0.05, 0.1) is 11.8 Å². The van der Waals surface area contributed by atoms with Crippen LogP contribution in [0.15, 0.2) is 12.1 Å². The number of halogens is 1. The summed E-state index contributed by atoms with van der Waals surface area (Å²) in [6, 6.07) is 3.12. The van der Waals surface area contributed by atoms with E-state index in [0.29, 0.717) is 47.7 Å². The summed E-state index contributed by atoms with van der Waals surface area (Å²) in [6.07, 6.45) is 4.20. The topological polar surface area (TPSA) is 104 Å². The Morgan fingerprint density at radius 3 is 2.64 bits per heavy atom. The zero-order valence-corrected chi connectivity index (χ0v) is 22.7. The molecule has 2 fully saturated rings. The van der Waals surface area contributed by atoms with E-state index in [0.717, 1.165) is 48.8 Å². The van der Waals surface area contributed by atoms with Crippen molar-refractivity contribution in [1.82, 2.24) is 19.9 Å². The minimum Gasteiger partial charge on any atom is -0.431 e. The van der Waals surface area contributed by atoms with Crippen molar-refractivity contribution in [2.75, 3.05) is 13.2 Å². The van der Waals surface area contributed by atoms with Gasteiger partial charge in [0.2, 0.25) is 5.79 Å². The van der Waals surface area contributed by atoms with Crippen molar-refractivity contribution in [3.8, 4) is 11.3 Å². The van der Waals surface area contributed by atoms with Gasteiger partial charge in [-0.2, -0.15) is 5.10 Å². The van der Waals surface area contributed by atoms with E-state index in [4.69, 9.17) is 14.2 Å². The van der Waals surface area contributed by atoms with Crippen LogP contribution in [0.3, 0.4) is 0 Å². The van der Waals surface area contributed by atoms with Gasteiger partial charge >= 0.3 is 5.97 Å². The largest absolute Gasteiger partial charge is 0.431 e. The second kappa shape index (κ2) is 9.67. The van der Waals surface area contributed by atoms with Crippen molar-refractivity contribution in [2.24, 2.45) is 0 Å². The van der Waals surface area contributed by atoms with Crippen LogP contribution < -0.4 is 5.32 Å². The number of nitrogens with one attached hydrogen (secondary N) is 1. The van der Waals surface area contributed by atoms with E-state index in [-0.39, 0.29) is 23.5 Å². The number of fused-ring (bicyclic) bond motifs is 2. The maximum Gasteiger partial charge on any atom is 0.342 e. The van der Waals surface area contributed by atoms with Crippen LogP contribution in [0.4, 0.5) is 4.39 Å². The standard InChI is InChI=1S/C29H33FN4O5/c1-15-18-9-5-6-10-19(18)21(30)12-20(15)25-24(26-28(36)39-29(3,4)38-26)16(2)32-23-13-22(33-34(23)25)27(35)31-14-17-8-7-11-37-17/h12-13,17,26H,5-11,14H2,1-4H3,(H,31,35). The van der Waals surface area contributed by atoms with Gasteiger partial charge in [0.1, 0.15) is 5.82 Å². The van der Waals surface area contributed by atoms with E-state index in [1.54, 1.807) is 26.8 Å². The summed E-state index contributed by atoms with van der Waals surface area (Å²) >= 11 is 0. The molecule has 39 heavy (non-hydrogen) atoms. The van der Waals surface area contributed by atoms with Crippen molar-refractivity contribution >= 4 is 17.5 Å². The lowest BCUT2D eigenvalue weighted by Crippen LogP contribution is -2.32. The lowest BCUT2D eigenvalue weighted by atomic mass is 9.84. The van der Waals surface area contributed by atoms with Crippen LogP contribution in [0, 0.1) is 19.7 Å². The van der Waals surface area contributed by atoms with Gasteiger partial charge < -0.3 is 19.5 Å².